The van der Waals surface area contributed by atoms with Gasteiger partial charge in [0.2, 0.25) is 20.4 Å². The van der Waals surface area contributed by atoms with Crippen molar-refractivity contribution in [2.45, 2.75) is 38.1 Å². The summed E-state index contributed by atoms with van der Waals surface area (Å²) >= 11 is 0. The van der Waals surface area contributed by atoms with Gasteiger partial charge in [0.05, 0.1) is 52.3 Å². The number of hydrogen-bond acceptors (Lipinski definition) is 19. The van der Waals surface area contributed by atoms with Crippen LogP contribution >= 0.6 is 0 Å². The number of benzene rings is 9. The maximum atomic E-state index is 13.1. The van der Waals surface area contributed by atoms with E-state index in [0.717, 1.165) is 78.7 Å². The van der Waals surface area contributed by atoms with E-state index in [2.05, 4.69) is 0 Å². The Morgan fingerprint density at radius 1 is 0.427 bits per heavy atom. The average Bonchev–Trinajstić information content (AvgIpc) is 1.07. The van der Waals surface area contributed by atoms with E-state index in [4.69, 9.17) is 71.4 Å². The highest BCUT2D eigenvalue weighted by molar-refractivity contribution is 6.05. The number of hydrogen-bond donors (Lipinski definition) is 1. The van der Waals surface area contributed by atoms with Gasteiger partial charge in [-0.25, -0.2) is 9.59 Å². The first-order chi connectivity index (χ1) is 46.8. The first kappa shape index (κ1) is 64.3. The third kappa shape index (κ3) is 13.1. The number of fused-ring (bicyclic) bond motifs is 6. The molecule has 5 atom stereocenters. The van der Waals surface area contributed by atoms with Crippen molar-refractivity contribution in [3.05, 3.63) is 261 Å². The van der Waals surface area contributed by atoms with Crippen LogP contribution < -0.4 is 52.1 Å². The molecule has 5 unspecified atom stereocenters. The van der Waals surface area contributed by atoms with Crippen LogP contribution in [-0.4, -0.2) is 84.7 Å². The Bertz CT molecular complexity index is 4460. The van der Waals surface area contributed by atoms with E-state index in [1.165, 1.54) is 34.3 Å². The third-order valence-corrected chi connectivity index (χ3v) is 16.9. The van der Waals surface area contributed by atoms with Crippen molar-refractivity contribution in [3.8, 4) is 69.0 Å². The molecule has 0 saturated heterocycles. The van der Waals surface area contributed by atoms with Gasteiger partial charge in [-0.3, -0.25) is 9.59 Å². The number of carbonyl (C=O) groups excluding carboxylic acids is 4. The standard InChI is InChI=1S/C25H22O6.C25H20O6.C19H16O5.C8H8O2/c2*1-27-17-10-7-15(8-11-17)22-18-5-3-4-6-19(18)31-24(23(22)25(26)28-2)16-9-12-20-21(13-16)30-14-29-20;1-11-13-5-3-4-6-14(13)24-18(17(11)19(20)21-2)12-7-8-15-16(9-12)23-10-22-15;1-6(9)7-4-2-3-5-8(7)10/h3-13,22-24H,14H2,1-2H3;3-13,24H,14H2,1-2H3;3-9,18H,10H2,1-2H3;2-5,10H,1H3. The number of methoxy groups -OCH3 is 5. The largest absolute Gasteiger partial charge is 0.507 e. The minimum absolute atomic E-state index is 0.0509. The number of ketones is 1. The summed E-state index contributed by atoms with van der Waals surface area (Å²) in [5, 5.41) is 9.06. The lowest BCUT2D eigenvalue weighted by atomic mass is 9.74. The number of phenolic OH excluding ortho intramolecular Hbond substituents is 1. The zero-order chi connectivity index (χ0) is 67.0. The summed E-state index contributed by atoms with van der Waals surface area (Å²) in [5.74, 6) is 5.51. The second kappa shape index (κ2) is 28.6. The number of ether oxygens (including phenoxy) is 14. The normalized spacial score (nSPS) is 17.6. The smallest absolute Gasteiger partial charge is 0.338 e. The van der Waals surface area contributed by atoms with Gasteiger partial charge >= 0.3 is 17.9 Å². The van der Waals surface area contributed by atoms with Crippen molar-refractivity contribution in [1.82, 2.24) is 0 Å². The minimum atomic E-state index is -0.672. The molecule has 0 bridgehead atoms. The summed E-state index contributed by atoms with van der Waals surface area (Å²) in [7, 11) is 7.40. The molecule has 6 aliphatic heterocycles. The maximum absolute atomic E-state index is 13.1. The number of esters is 3. The van der Waals surface area contributed by atoms with E-state index in [1.54, 1.807) is 32.4 Å². The number of para-hydroxylation sites is 4. The number of aromatic hydroxyl groups is 1. The second-order valence-electron chi connectivity index (χ2n) is 22.3. The number of rotatable bonds is 11. The SMILES string of the molecule is CC(=O)c1ccccc1O.COC(=O)C1=C(C)c2ccccc2OC1c1ccc2c(c1)OCO2.COC(=O)C1=C(c2ccc(OC)cc2)c2ccccc2OC1c1ccc2c(c1)OCO2.COC(=O)C1C(c2ccc3c(c2)OCO3)Oc2ccccc2C1c1ccc(OC)cc1. The van der Waals surface area contributed by atoms with Crippen LogP contribution in [0.4, 0.5) is 0 Å². The summed E-state index contributed by atoms with van der Waals surface area (Å²) in [4.78, 5) is 49.3. The molecule has 19 heteroatoms. The van der Waals surface area contributed by atoms with E-state index < -0.39 is 36.2 Å². The van der Waals surface area contributed by atoms with Gasteiger partial charge in [-0.05, 0) is 127 Å². The van der Waals surface area contributed by atoms with Crippen LogP contribution in [0.1, 0.15) is 92.9 Å². The Morgan fingerprint density at radius 2 is 0.875 bits per heavy atom. The molecule has 9 aromatic rings. The summed E-state index contributed by atoms with van der Waals surface area (Å²) in [6, 6.07) is 61.7. The van der Waals surface area contributed by atoms with E-state index in [9.17, 15) is 19.2 Å². The van der Waals surface area contributed by atoms with Crippen LogP contribution in [0.5, 0.6) is 69.0 Å². The van der Waals surface area contributed by atoms with Gasteiger partial charge in [0.15, 0.2) is 52.5 Å². The monoisotopic (exact) mass is 1290 g/mol. The summed E-state index contributed by atoms with van der Waals surface area (Å²) in [5.41, 5.74) is 9.83. The van der Waals surface area contributed by atoms with Crippen molar-refractivity contribution < 1.29 is 90.6 Å². The lowest BCUT2D eigenvalue weighted by Crippen LogP contribution is -2.36. The lowest BCUT2D eigenvalue weighted by Gasteiger charge is -2.38. The topological polar surface area (TPSA) is 218 Å². The zero-order valence-electron chi connectivity index (χ0n) is 53.4. The van der Waals surface area contributed by atoms with Gasteiger partial charge in [0.1, 0.15) is 46.5 Å². The molecule has 488 valence electrons. The molecule has 9 aromatic carbocycles. The molecule has 96 heavy (non-hydrogen) atoms. The Kier molecular flexibility index (Phi) is 19.1. The molecule has 15 rings (SSSR count). The molecular weight excluding hydrogens is 1230 g/mol. The van der Waals surface area contributed by atoms with Crippen LogP contribution in [0.15, 0.2) is 211 Å². The van der Waals surface area contributed by atoms with Crippen LogP contribution in [0.25, 0.3) is 11.1 Å². The van der Waals surface area contributed by atoms with Gasteiger partial charge in [-0.1, -0.05) is 109 Å². The van der Waals surface area contributed by atoms with Crippen molar-refractivity contribution in [1.29, 1.82) is 0 Å². The highest BCUT2D eigenvalue weighted by Crippen LogP contribution is 2.52. The highest BCUT2D eigenvalue weighted by Gasteiger charge is 2.46. The Balaban J connectivity index is 0.000000129. The number of Topliss-reactive ketones (excluding diaryl/α,β-unsaturated/α-hetero) is 1. The Hall–Kier alpha value is -11.9. The summed E-state index contributed by atoms with van der Waals surface area (Å²) in [6.07, 6.45) is -1.78. The van der Waals surface area contributed by atoms with E-state index in [1.807, 2.05) is 183 Å². The quantitative estimate of drug-likeness (QED) is 0.0723. The van der Waals surface area contributed by atoms with Crippen LogP contribution in [-0.2, 0) is 28.6 Å². The molecule has 6 aliphatic rings. The van der Waals surface area contributed by atoms with Crippen molar-refractivity contribution in [2.24, 2.45) is 5.92 Å². The molecule has 1 N–H and O–H groups in total. The van der Waals surface area contributed by atoms with Crippen molar-refractivity contribution >= 4 is 34.8 Å². The number of carbonyl (C=O) groups is 4. The number of phenols is 1. The second-order valence-corrected chi connectivity index (χ2v) is 22.3. The average molecular weight is 1300 g/mol. The van der Waals surface area contributed by atoms with Crippen molar-refractivity contribution in [2.75, 3.05) is 55.9 Å². The first-order valence-corrected chi connectivity index (χ1v) is 30.5. The maximum Gasteiger partial charge on any atom is 0.338 e. The first-order valence-electron chi connectivity index (χ1n) is 30.5. The van der Waals surface area contributed by atoms with E-state index in [0.29, 0.717) is 57.0 Å². The molecule has 19 nitrogen and oxygen atoms in total. The Labute approximate surface area is 553 Å². The molecule has 6 heterocycles. The fourth-order valence-electron chi connectivity index (χ4n) is 12.2. The van der Waals surface area contributed by atoms with Gasteiger partial charge in [0, 0.05) is 39.3 Å². The fraction of sp³-hybridized carbons (Fsp3) is 0.195. The van der Waals surface area contributed by atoms with Crippen LogP contribution in [0, 0.1) is 5.92 Å². The van der Waals surface area contributed by atoms with Crippen LogP contribution in [0.2, 0.25) is 0 Å². The van der Waals surface area contributed by atoms with Crippen LogP contribution in [0.3, 0.4) is 0 Å². The molecule has 0 amide bonds. The molecular formula is C77H66O19. The molecule has 0 aliphatic carbocycles. The molecule has 0 spiro atoms. The highest BCUT2D eigenvalue weighted by atomic mass is 16.7. The van der Waals surface area contributed by atoms with Gasteiger partial charge < -0.3 is 71.4 Å². The van der Waals surface area contributed by atoms with Gasteiger partial charge in [-0.2, -0.15) is 0 Å². The van der Waals surface area contributed by atoms with E-state index >= 15 is 0 Å². The zero-order valence-corrected chi connectivity index (χ0v) is 53.4. The summed E-state index contributed by atoms with van der Waals surface area (Å²) in [6.45, 7) is 3.89. The van der Waals surface area contributed by atoms with Crippen molar-refractivity contribution in [3.63, 3.8) is 0 Å². The van der Waals surface area contributed by atoms with E-state index in [-0.39, 0.29) is 43.8 Å². The Morgan fingerprint density at radius 3 is 1.41 bits per heavy atom. The summed E-state index contributed by atoms with van der Waals surface area (Å²) < 4.78 is 77.6. The van der Waals surface area contributed by atoms with Gasteiger partial charge in [0.25, 0.3) is 0 Å². The molecule has 0 radical (unpaired) electrons. The fourth-order valence-corrected chi connectivity index (χ4v) is 12.2. The molecule has 0 fully saturated rings. The molecule has 0 aromatic heterocycles. The minimum Gasteiger partial charge on any atom is -0.507 e. The molecule has 0 saturated carbocycles. The predicted molar refractivity (Wildman–Crippen MR) is 351 cm³/mol. The lowest BCUT2D eigenvalue weighted by molar-refractivity contribution is -0.150. The number of allylic oxidation sites excluding steroid dienone is 1. The predicted octanol–water partition coefficient (Wildman–Crippen LogP) is 14.1. The van der Waals surface area contributed by atoms with Gasteiger partial charge in [-0.15, -0.1) is 0 Å². The third-order valence-electron chi connectivity index (χ3n) is 16.9.